The number of rotatable bonds is 3. The van der Waals surface area contributed by atoms with Crippen LogP contribution in [0.15, 0.2) is 30.3 Å². The second-order valence-corrected chi connectivity index (χ2v) is 4.68. The number of hydrogen-bond donors (Lipinski definition) is 1. The van der Waals surface area contributed by atoms with E-state index in [1.807, 2.05) is 18.2 Å². The van der Waals surface area contributed by atoms with Crippen molar-refractivity contribution in [3.63, 3.8) is 0 Å². The summed E-state index contributed by atoms with van der Waals surface area (Å²) in [6.07, 6.45) is -5.35. The van der Waals surface area contributed by atoms with Gasteiger partial charge in [0.05, 0.1) is 5.52 Å². The molecule has 2 nitrogen and oxygen atoms in total. The predicted octanol–water partition coefficient (Wildman–Crippen LogP) is 4.65. The van der Waals surface area contributed by atoms with Gasteiger partial charge >= 0.3 is 6.18 Å². The minimum absolute atomic E-state index is 0. The molecule has 0 fully saturated rings. The lowest BCUT2D eigenvalue weighted by atomic mass is 10.0. The highest BCUT2D eigenvalue weighted by Gasteiger charge is 2.28. The van der Waals surface area contributed by atoms with E-state index < -0.39 is 18.6 Å². The monoisotopic (exact) mass is 324 g/mol. The summed E-state index contributed by atoms with van der Waals surface area (Å²) in [6, 6.07) is 8.17. The molecular formula is C13H13Cl2F3N2. The average Bonchev–Trinajstić information content (AvgIpc) is 2.34. The Labute approximate surface area is 125 Å². The van der Waals surface area contributed by atoms with Crippen LogP contribution in [0.5, 0.6) is 0 Å². The summed E-state index contributed by atoms with van der Waals surface area (Å²) >= 11 is 5.98. The largest absolute Gasteiger partial charge is 0.389 e. The number of aromatic nitrogens is 1. The molecule has 1 atom stereocenters. The molecule has 0 radical (unpaired) electrons. The molecule has 110 valence electrons. The quantitative estimate of drug-likeness (QED) is 0.834. The molecule has 2 rings (SSSR count). The van der Waals surface area contributed by atoms with E-state index in [2.05, 4.69) is 4.98 Å². The third-order valence-electron chi connectivity index (χ3n) is 2.84. The number of para-hydroxylation sites is 1. The number of alkyl halides is 3. The Bertz CT molecular complexity index is 587. The van der Waals surface area contributed by atoms with Crippen LogP contribution in [0.1, 0.15) is 24.4 Å². The zero-order valence-electron chi connectivity index (χ0n) is 10.3. The molecule has 0 aliphatic heterocycles. The summed E-state index contributed by atoms with van der Waals surface area (Å²) in [5, 5.41) is 0.970. The Morgan fingerprint density at radius 3 is 2.55 bits per heavy atom. The Morgan fingerprint density at radius 1 is 1.25 bits per heavy atom. The molecule has 0 saturated carbocycles. The van der Waals surface area contributed by atoms with E-state index >= 15 is 0 Å². The van der Waals surface area contributed by atoms with Gasteiger partial charge in [-0.1, -0.05) is 29.8 Å². The van der Waals surface area contributed by atoms with Crippen LogP contribution < -0.4 is 5.73 Å². The topological polar surface area (TPSA) is 38.9 Å². The smallest absolute Gasteiger partial charge is 0.324 e. The van der Waals surface area contributed by atoms with Gasteiger partial charge in [-0.3, -0.25) is 0 Å². The van der Waals surface area contributed by atoms with Gasteiger partial charge in [0.1, 0.15) is 5.15 Å². The van der Waals surface area contributed by atoms with E-state index in [1.165, 1.54) is 0 Å². The van der Waals surface area contributed by atoms with Crippen LogP contribution in [0, 0.1) is 0 Å². The first-order valence-electron chi connectivity index (χ1n) is 5.74. The molecule has 7 heteroatoms. The van der Waals surface area contributed by atoms with Crippen LogP contribution in [0.2, 0.25) is 5.15 Å². The van der Waals surface area contributed by atoms with Crippen molar-refractivity contribution in [2.24, 2.45) is 5.73 Å². The molecule has 1 aromatic carbocycles. The summed E-state index contributed by atoms with van der Waals surface area (Å²) in [6.45, 7) is 0. The fourth-order valence-corrected chi connectivity index (χ4v) is 2.13. The van der Waals surface area contributed by atoms with Crippen molar-refractivity contribution in [3.8, 4) is 0 Å². The summed E-state index contributed by atoms with van der Waals surface area (Å²) in [4.78, 5) is 4.15. The van der Waals surface area contributed by atoms with Crippen molar-refractivity contribution in [1.29, 1.82) is 0 Å². The van der Waals surface area contributed by atoms with Gasteiger partial charge in [0.2, 0.25) is 0 Å². The molecule has 0 unspecified atom stereocenters. The lowest BCUT2D eigenvalue weighted by molar-refractivity contribution is -0.136. The number of hydrogen-bond acceptors (Lipinski definition) is 2. The van der Waals surface area contributed by atoms with Gasteiger partial charge in [0, 0.05) is 23.4 Å². The molecule has 2 N–H and O–H groups in total. The highest BCUT2D eigenvalue weighted by atomic mass is 35.5. The van der Waals surface area contributed by atoms with E-state index in [0.29, 0.717) is 11.1 Å². The number of benzene rings is 1. The van der Waals surface area contributed by atoms with Gasteiger partial charge < -0.3 is 5.73 Å². The minimum Gasteiger partial charge on any atom is -0.324 e. The number of nitrogens with two attached hydrogens (primary N) is 1. The Balaban J connectivity index is 0.00000200. The maximum absolute atomic E-state index is 12.2. The van der Waals surface area contributed by atoms with Crippen LogP contribution in [-0.2, 0) is 0 Å². The van der Waals surface area contributed by atoms with Gasteiger partial charge in [-0.2, -0.15) is 13.2 Å². The Hall–Kier alpha value is -1.04. The van der Waals surface area contributed by atoms with Crippen molar-refractivity contribution >= 4 is 34.9 Å². The first kappa shape index (κ1) is 17.0. The van der Waals surface area contributed by atoms with E-state index in [4.69, 9.17) is 17.3 Å². The normalized spacial score (nSPS) is 13.1. The maximum Gasteiger partial charge on any atom is 0.389 e. The van der Waals surface area contributed by atoms with E-state index in [1.54, 1.807) is 12.1 Å². The molecule has 20 heavy (non-hydrogen) atoms. The lowest BCUT2D eigenvalue weighted by Crippen LogP contribution is -2.16. The SMILES string of the molecule is Cl.N[C@H](CCC(F)(F)F)c1cc2ccccc2nc1Cl. The molecule has 0 aliphatic rings. The number of pyridine rings is 1. The van der Waals surface area contributed by atoms with Gasteiger partial charge in [-0.25, -0.2) is 4.98 Å². The molecule has 0 saturated heterocycles. The summed E-state index contributed by atoms with van der Waals surface area (Å²) in [5.74, 6) is 0. The second-order valence-electron chi connectivity index (χ2n) is 4.32. The van der Waals surface area contributed by atoms with Crippen LogP contribution in [0.25, 0.3) is 10.9 Å². The number of halogens is 5. The summed E-state index contributed by atoms with van der Waals surface area (Å²) < 4.78 is 36.5. The molecule has 0 amide bonds. The molecular weight excluding hydrogens is 312 g/mol. The van der Waals surface area contributed by atoms with Crippen LogP contribution in [0.3, 0.4) is 0 Å². The predicted molar refractivity (Wildman–Crippen MR) is 76.2 cm³/mol. The Kier molecular flexibility index (Phi) is 5.62. The minimum atomic E-state index is -4.21. The molecule has 0 spiro atoms. The number of fused-ring (bicyclic) bond motifs is 1. The fraction of sp³-hybridized carbons (Fsp3) is 0.308. The van der Waals surface area contributed by atoms with E-state index in [0.717, 1.165) is 5.39 Å². The van der Waals surface area contributed by atoms with Crippen molar-refractivity contribution in [3.05, 3.63) is 41.0 Å². The fourth-order valence-electron chi connectivity index (χ4n) is 1.84. The van der Waals surface area contributed by atoms with Crippen LogP contribution in [-0.4, -0.2) is 11.2 Å². The summed E-state index contributed by atoms with van der Waals surface area (Å²) in [7, 11) is 0. The van der Waals surface area contributed by atoms with Crippen molar-refractivity contribution in [2.75, 3.05) is 0 Å². The molecule has 2 aromatic rings. The lowest BCUT2D eigenvalue weighted by Gasteiger charge is -2.15. The standard InChI is InChI=1S/C13H12ClF3N2.ClH/c14-12-9(10(18)5-6-13(15,16)17)7-8-3-1-2-4-11(8)19-12;/h1-4,7,10H,5-6,18H2;1H/t10-;/m1./s1. The second kappa shape index (κ2) is 6.61. The van der Waals surface area contributed by atoms with E-state index in [9.17, 15) is 13.2 Å². The average molecular weight is 325 g/mol. The first-order valence-corrected chi connectivity index (χ1v) is 6.12. The zero-order valence-corrected chi connectivity index (χ0v) is 11.9. The highest BCUT2D eigenvalue weighted by molar-refractivity contribution is 6.30. The third-order valence-corrected chi connectivity index (χ3v) is 3.15. The van der Waals surface area contributed by atoms with Crippen molar-refractivity contribution in [1.82, 2.24) is 4.98 Å². The Morgan fingerprint density at radius 2 is 1.90 bits per heavy atom. The van der Waals surface area contributed by atoms with Gasteiger partial charge in [-0.15, -0.1) is 12.4 Å². The van der Waals surface area contributed by atoms with Gasteiger partial charge in [0.15, 0.2) is 0 Å². The number of nitrogens with zero attached hydrogens (tertiary/aromatic N) is 1. The molecule has 1 aromatic heterocycles. The summed E-state index contributed by atoms with van der Waals surface area (Å²) in [5.41, 5.74) is 6.91. The third kappa shape index (κ3) is 4.23. The first-order chi connectivity index (χ1) is 8.87. The highest BCUT2D eigenvalue weighted by Crippen LogP contribution is 2.30. The molecule has 0 aliphatic carbocycles. The maximum atomic E-state index is 12.2. The van der Waals surface area contributed by atoms with Crippen molar-refractivity contribution in [2.45, 2.75) is 25.1 Å². The van der Waals surface area contributed by atoms with Crippen molar-refractivity contribution < 1.29 is 13.2 Å². The molecule has 0 bridgehead atoms. The van der Waals surface area contributed by atoms with Gasteiger partial charge in [0.25, 0.3) is 0 Å². The molecule has 1 heterocycles. The van der Waals surface area contributed by atoms with E-state index in [-0.39, 0.29) is 24.0 Å². The van der Waals surface area contributed by atoms with Gasteiger partial charge in [-0.05, 0) is 18.6 Å². The van der Waals surface area contributed by atoms with Crippen LogP contribution >= 0.6 is 24.0 Å². The van der Waals surface area contributed by atoms with Crippen LogP contribution in [0.4, 0.5) is 13.2 Å². The zero-order chi connectivity index (χ0) is 14.0.